The first-order chi connectivity index (χ1) is 13.8. The summed E-state index contributed by atoms with van der Waals surface area (Å²) >= 11 is 1.60. The van der Waals surface area contributed by atoms with Gasteiger partial charge in [-0.25, -0.2) is 13.2 Å². The molecule has 2 atom stereocenters. The molecule has 3 aliphatic heterocycles. The molecule has 29 heavy (non-hydrogen) atoms. The molecule has 3 fully saturated rings. The van der Waals surface area contributed by atoms with Crippen LogP contribution in [0, 0.1) is 0 Å². The quantitative estimate of drug-likeness (QED) is 0.678. The number of sulfone groups is 1. The molecule has 1 aromatic rings. The maximum atomic E-state index is 13.1. The van der Waals surface area contributed by atoms with Gasteiger partial charge in [0.05, 0.1) is 11.5 Å². The normalized spacial score (nSPS) is 28.1. The van der Waals surface area contributed by atoms with Gasteiger partial charge in [0.15, 0.2) is 9.84 Å². The first-order valence-corrected chi connectivity index (χ1v) is 12.5. The van der Waals surface area contributed by atoms with E-state index >= 15 is 0 Å². The summed E-state index contributed by atoms with van der Waals surface area (Å²) in [5.41, 5.74) is -0.0331. The van der Waals surface area contributed by atoms with Gasteiger partial charge in [-0.2, -0.15) is 11.8 Å². The summed E-state index contributed by atoms with van der Waals surface area (Å²) in [7, 11) is -3.19. The third kappa shape index (κ3) is 4.00. The molecule has 156 valence electrons. The fourth-order valence-electron chi connectivity index (χ4n) is 4.10. The fourth-order valence-corrected chi connectivity index (χ4v) is 7.16. The lowest BCUT2D eigenvalue weighted by Gasteiger charge is -2.30. The van der Waals surface area contributed by atoms with Crippen LogP contribution < -0.4 is 5.32 Å². The van der Waals surface area contributed by atoms with E-state index in [1.165, 1.54) is 4.90 Å². The van der Waals surface area contributed by atoms with E-state index in [2.05, 4.69) is 5.32 Å². The van der Waals surface area contributed by atoms with Crippen LogP contribution in [0.3, 0.4) is 0 Å². The summed E-state index contributed by atoms with van der Waals surface area (Å²) in [6, 6.07) is 8.28. The van der Waals surface area contributed by atoms with E-state index in [9.17, 15) is 22.8 Å². The van der Waals surface area contributed by atoms with Gasteiger partial charge in [-0.05, 0) is 24.2 Å². The van der Waals surface area contributed by atoms with E-state index < -0.39 is 33.4 Å². The van der Waals surface area contributed by atoms with Gasteiger partial charge < -0.3 is 10.2 Å². The summed E-state index contributed by atoms with van der Waals surface area (Å²) in [5.74, 6) is 0.471. The first kappa shape index (κ1) is 20.2. The molecule has 2 unspecified atom stereocenters. The Bertz CT molecular complexity index is 928. The van der Waals surface area contributed by atoms with Crippen LogP contribution in [0.1, 0.15) is 18.4 Å². The summed E-state index contributed by atoms with van der Waals surface area (Å²) in [4.78, 5) is 40.9. The number of imide groups is 1. The molecular weight excluding hydrogens is 414 g/mol. The Kier molecular flexibility index (Phi) is 5.32. The average molecular weight is 438 g/mol. The van der Waals surface area contributed by atoms with Crippen molar-refractivity contribution in [3.05, 3.63) is 35.9 Å². The van der Waals surface area contributed by atoms with E-state index in [4.69, 9.17) is 0 Å². The molecular formula is C19H23N3O5S2. The number of carbonyl (C=O) groups excluding carboxylic acids is 3. The largest absolute Gasteiger partial charge is 0.333 e. The number of rotatable bonds is 5. The van der Waals surface area contributed by atoms with Crippen LogP contribution in [0.15, 0.2) is 30.3 Å². The number of urea groups is 1. The van der Waals surface area contributed by atoms with Crippen molar-refractivity contribution in [2.75, 3.05) is 29.6 Å². The van der Waals surface area contributed by atoms with Crippen LogP contribution in [-0.4, -0.2) is 77.2 Å². The highest BCUT2D eigenvalue weighted by atomic mass is 32.2. The SMILES string of the molecule is O=C1NC2(CCSC2)C(=O)N1CC(=O)N(Cc1ccccc1)C1CCS(=O)(=O)C1. The summed E-state index contributed by atoms with van der Waals surface area (Å²) < 4.78 is 23.9. The predicted molar refractivity (Wildman–Crippen MR) is 109 cm³/mol. The monoisotopic (exact) mass is 437 g/mol. The molecule has 0 aliphatic carbocycles. The summed E-state index contributed by atoms with van der Waals surface area (Å²) in [5, 5.41) is 2.76. The minimum Gasteiger partial charge on any atom is -0.333 e. The Morgan fingerprint density at radius 1 is 1.28 bits per heavy atom. The van der Waals surface area contributed by atoms with Crippen LogP contribution in [0.25, 0.3) is 0 Å². The molecule has 1 spiro atoms. The standard InChI is InChI=1S/C19H23N3O5S2/c23-16(11-22-17(24)19(20-18(22)25)7-8-28-13-19)21(10-14-4-2-1-3-5-14)15-6-9-29(26,27)12-15/h1-5,15H,6-13H2,(H,20,25). The Hall–Kier alpha value is -2.07. The molecule has 4 amide bonds. The molecule has 4 rings (SSSR count). The van der Waals surface area contributed by atoms with Crippen molar-refractivity contribution < 1.29 is 22.8 Å². The molecule has 0 saturated carbocycles. The molecule has 3 aliphatic rings. The van der Waals surface area contributed by atoms with Gasteiger partial charge in [0.2, 0.25) is 5.91 Å². The van der Waals surface area contributed by atoms with E-state index in [1.807, 2.05) is 30.3 Å². The van der Waals surface area contributed by atoms with Gasteiger partial charge in [0, 0.05) is 18.3 Å². The van der Waals surface area contributed by atoms with Crippen molar-refractivity contribution in [1.82, 2.24) is 15.1 Å². The van der Waals surface area contributed by atoms with Gasteiger partial charge in [-0.1, -0.05) is 30.3 Å². The molecule has 0 bridgehead atoms. The minimum atomic E-state index is -3.19. The summed E-state index contributed by atoms with van der Waals surface area (Å²) in [6.45, 7) is -0.134. The smallest absolute Gasteiger partial charge is 0.325 e. The van der Waals surface area contributed by atoms with Crippen molar-refractivity contribution in [3.63, 3.8) is 0 Å². The van der Waals surface area contributed by atoms with E-state index in [1.54, 1.807) is 11.8 Å². The lowest BCUT2D eigenvalue weighted by Crippen LogP contribution is -2.49. The van der Waals surface area contributed by atoms with Crippen molar-refractivity contribution in [2.24, 2.45) is 0 Å². The molecule has 0 radical (unpaired) electrons. The number of benzene rings is 1. The fraction of sp³-hybridized carbons (Fsp3) is 0.526. The maximum Gasteiger partial charge on any atom is 0.325 e. The van der Waals surface area contributed by atoms with Gasteiger partial charge in [-0.15, -0.1) is 0 Å². The third-order valence-electron chi connectivity index (χ3n) is 5.73. The molecule has 1 aromatic carbocycles. The number of hydrogen-bond acceptors (Lipinski definition) is 6. The van der Waals surface area contributed by atoms with Crippen molar-refractivity contribution in [3.8, 4) is 0 Å². The third-order valence-corrected chi connectivity index (χ3v) is 8.67. The molecule has 1 N–H and O–H groups in total. The maximum absolute atomic E-state index is 13.1. The van der Waals surface area contributed by atoms with E-state index in [0.717, 1.165) is 16.2 Å². The van der Waals surface area contributed by atoms with Crippen molar-refractivity contribution >= 4 is 39.4 Å². The van der Waals surface area contributed by atoms with Gasteiger partial charge in [0.1, 0.15) is 12.1 Å². The van der Waals surface area contributed by atoms with Crippen LogP contribution in [0.2, 0.25) is 0 Å². The van der Waals surface area contributed by atoms with Gasteiger partial charge in [-0.3, -0.25) is 14.5 Å². The number of hydrogen-bond donors (Lipinski definition) is 1. The predicted octanol–water partition coefficient (Wildman–Crippen LogP) is 0.630. The van der Waals surface area contributed by atoms with Crippen LogP contribution >= 0.6 is 11.8 Å². The van der Waals surface area contributed by atoms with Crippen LogP contribution in [0.5, 0.6) is 0 Å². The van der Waals surface area contributed by atoms with Crippen molar-refractivity contribution in [2.45, 2.75) is 31.0 Å². The van der Waals surface area contributed by atoms with Gasteiger partial charge >= 0.3 is 6.03 Å². The zero-order chi connectivity index (χ0) is 20.6. The number of carbonyl (C=O) groups is 3. The minimum absolute atomic E-state index is 0.0414. The Balaban J connectivity index is 1.53. The number of nitrogens with zero attached hydrogens (tertiary/aromatic N) is 2. The van der Waals surface area contributed by atoms with Crippen molar-refractivity contribution in [1.29, 1.82) is 0 Å². The zero-order valence-electron chi connectivity index (χ0n) is 15.9. The molecule has 8 nitrogen and oxygen atoms in total. The Labute approximate surface area is 173 Å². The highest BCUT2D eigenvalue weighted by Gasteiger charge is 2.53. The average Bonchev–Trinajstić information content (AvgIpc) is 3.36. The second kappa shape index (κ2) is 7.64. The second-order valence-corrected chi connectivity index (χ2v) is 11.1. The van der Waals surface area contributed by atoms with Crippen LogP contribution in [-0.2, 0) is 26.0 Å². The van der Waals surface area contributed by atoms with E-state index in [-0.39, 0.29) is 30.5 Å². The topological polar surface area (TPSA) is 104 Å². The van der Waals surface area contributed by atoms with Gasteiger partial charge in [0.25, 0.3) is 5.91 Å². The summed E-state index contributed by atoms with van der Waals surface area (Å²) in [6.07, 6.45) is 0.920. The number of nitrogens with one attached hydrogen (secondary N) is 1. The number of thioether (sulfide) groups is 1. The second-order valence-electron chi connectivity index (χ2n) is 7.77. The zero-order valence-corrected chi connectivity index (χ0v) is 17.5. The number of amides is 4. The lowest BCUT2D eigenvalue weighted by atomic mass is 9.99. The Morgan fingerprint density at radius 2 is 2.03 bits per heavy atom. The molecule has 0 aromatic heterocycles. The highest BCUT2D eigenvalue weighted by Crippen LogP contribution is 2.33. The molecule has 3 heterocycles. The molecule has 10 heteroatoms. The van der Waals surface area contributed by atoms with E-state index in [0.29, 0.717) is 18.6 Å². The van der Waals surface area contributed by atoms with Crippen LogP contribution in [0.4, 0.5) is 4.79 Å². The first-order valence-electron chi connectivity index (χ1n) is 9.55. The lowest BCUT2D eigenvalue weighted by molar-refractivity contribution is -0.140. The highest BCUT2D eigenvalue weighted by molar-refractivity contribution is 7.99. The molecule has 3 saturated heterocycles. The Morgan fingerprint density at radius 3 is 2.66 bits per heavy atom.